The van der Waals surface area contributed by atoms with Crippen LogP contribution in [0.5, 0.6) is 0 Å². The van der Waals surface area contributed by atoms with Crippen molar-refractivity contribution in [3.63, 3.8) is 0 Å². The van der Waals surface area contributed by atoms with Crippen molar-refractivity contribution in [2.45, 2.75) is 77.0 Å². The molecule has 0 radical (unpaired) electrons. The Hall–Kier alpha value is -0.270. The molecular weight excluding hydrogens is 290 g/mol. The summed E-state index contributed by atoms with van der Waals surface area (Å²) in [6.07, 6.45) is 20.3. The highest BCUT2D eigenvalue weighted by Crippen LogP contribution is 2.11. The average Bonchev–Trinajstić information content (AvgIpc) is 2.45. The first-order valence-electron chi connectivity index (χ1n) is 9.16. The Morgan fingerprint density at radius 3 is 1.27 bits per heavy atom. The van der Waals surface area contributed by atoms with Crippen molar-refractivity contribution >= 4 is 0 Å². The zero-order valence-corrected chi connectivity index (χ0v) is 16.0. The molecule has 0 bridgehead atoms. The molecule has 0 aromatic carbocycles. The van der Waals surface area contributed by atoms with Crippen LogP contribution in [0.4, 0.5) is 0 Å². The van der Waals surface area contributed by atoms with Crippen molar-refractivity contribution in [3.8, 4) is 0 Å². The van der Waals surface area contributed by atoms with E-state index >= 15 is 0 Å². The Labute approximate surface area is 146 Å². The molecule has 0 heterocycles. The topological polar surface area (TPSA) is 0 Å². The normalized spacial score (nSPS) is 11.0. The first kappa shape index (κ1) is 24.0. The molecule has 0 aliphatic carbocycles. The summed E-state index contributed by atoms with van der Waals surface area (Å²) in [5, 5.41) is 0. The maximum absolute atomic E-state index is 3.78. The van der Waals surface area contributed by atoms with Gasteiger partial charge in [-0.25, -0.2) is 0 Å². The SMILES string of the molecule is C=CCCCCCCC[N+](C)(C)CCCCCCCC=C.[Cl-]. The van der Waals surface area contributed by atoms with Gasteiger partial charge in [-0.05, 0) is 51.4 Å². The first-order chi connectivity index (χ1) is 10.1. The molecule has 0 spiro atoms. The lowest BCUT2D eigenvalue weighted by Gasteiger charge is -2.30. The Balaban J connectivity index is 0. The quantitative estimate of drug-likeness (QED) is 0.232. The van der Waals surface area contributed by atoms with Gasteiger partial charge in [-0.1, -0.05) is 37.8 Å². The van der Waals surface area contributed by atoms with E-state index in [0.717, 1.165) is 0 Å². The molecule has 22 heavy (non-hydrogen) atoms. The molecule has 0 rings (SSSR count). The summed E-state index contributed by atoms with van der Waals surface area (Å²) in [6, 6.07) is 0. The molecule has 1 nitrogen and oxygen atoms in total. The average molecular weight is 330 g/mol. The Morgan fingerprint density at radius 2 is 0.909 bits per heavy atom. The van der Waals surface area contributed by atoms with Gasteiger partial charge in [0.15, 0.2) is 0 Å². The maximum Gasteiger partial charge on any atom is 0.0782 e. The standard InChI is InChI=1S/C20H40N.ClH/c1-5-7-9-11-13-15-17-19-21(3,4)20-18-16-14-12-10-8-6-2;/h5-6H,1-2,7-20H2,3-4H3;1H/q+1;/p-1. The molecule has 0 aliphatic rings. The number of unbranched alkanes of at least 4 members (excludes halogenated alkanes) is 10. The summed E-state index contributed by atoms with van der Waals surface area (Å²) in [7, 11) is 4.80. The summed E-state index contributed by atoms with van der Waals surface area (Å²) in [6.45, 7) is 10.2. The fraction of sp³-hybridized carbons (Fsp3) is 0.800. The lowest BCUT2D eigenvalue weighted by Crippen LogP contribution is -3.00. The first-order valence-corrected chi connectivity index (χ1v) is 9.16. The van der Waals surface area contributed by atoms with E-state index < -0.39 is 0 Å². The van der Waals surface area contributed by atoms with Crippen molar-refractivity contribution < 1.29 is 16.9 Å². The lowest BCUT2D eigenvalue weighted by atomic mass is 10.1. The van der Waals surface area contributed by atoms with Crippen molar-refractivity contribution in [3.05, 3.63) is 25.3 Å². The number of allylic oxidation sites excluding steroid dienone is 2. The van der Waals surface area contributed by atoms with Crippen LogP contribution in [0.3, 0.4) is 0 Å². The number of quaternary nitrogens is 1. The van der Waals surface area contributed by atoms with Crippen LogP contribution in [0, 0.1) is 0 Å². The molecule has 0 unspecified atom stereocenters. The van der Waals surface area contributed by atoms with Crippen molar-refractivity contribution in [2.75, 3.05) is 27.2 Å². The number of halogens is 1. The summed E-state index contributed by atoms with van der Waals surface area (Å²) >= 11 is 0. The van der Waals surface area contributed by atoms with E-state index in [1.165, 1.54) is 94.6 Å². The largest absolute Gasteiger partial charge is 1.00 e. The number of rotatable bonds is 16. The third kappa shape index (κ3) is 17.8. The van der Waals surface area contributed by atoms with E-state index in [0.29, 0.717) is 0 Å². The molecule has 2 heteroatoms. The van der Waals surface area contributed by atoms with E-state index in [4.69, 9.17) is 0 Å². The third-order valence-corrected chi connectivity index (χ3v) is 4.34. The number of hydrogen-bond donors (Lipinski definition) is 0. The Kier molecular flexibility index (Phi) is 18.6. The predicted molar refractivity (Wildman–Crippen MR) is 97.6 cm³/mol. The second-order valence-electron chi connectivity index (χ2n) is 7.07. The maximum atomic E-state index is 3.78. The van der Waals surface area contributed by atoms with Gasteiger partial charge in [0.1, 0.15) is 0 Å². The van der Waals surface area contributed by atoms with Crippen LogP contribution in [0.1, 0.15) is 77.0 Å². The van der Waals surface area contributed by atoms with Gasteiger partial charge in [0.25, 0.3) is 0 Å². The summed E-state index contributed by atoms with van der Waals surface area (Å²) < 4.78 is 1.21. The van der Waals surface area contributed by atoms with Crippen molar-refractivity contribution in [1.82, 2.24) is 0 Å². The van der Waals surface area contributed by atoms with Crippen LogP contribution < -0.4 is 12.4 Å². The zero-order valence-electron chi connectivity index (χ0n) is 15.3. The smallest absolute Gasteiger partial charge is 0.0782 e. The molecule has 0 aromatic rings. The summed E-state index contributed by atoms with van der Waals surface area (Å²) in [5.74, 6) is 0. The van der Waals surface area contributed by atoms with Gasteiger partial charge in [-0.3, -0.25) is 0 Å². The molecule has 0 fully saturated rings. The summed E-state index contributed by atoms with van der Waals surface area (Å²) in [5.41, 5.74) is 0. The van der Waals surface area contributed by atoms with Crippen molar-refractivity contribution in [1.29, 1.82) is 0 Å². The van der Waals surface area contributed by atoms with E-state index in [-0.39, 0.29) is 12.4 Å². The molecule has 0 atom stereocenters. The van der Waals surface area contributed by atoms with Crippen LogP contribution in [0.15, 0.2) is 25.3 Å². The minimum atomic E-state index is 0. The molecule has 0 amide bonds. The zero-order chi connectivity index (χ0) is 15.8. The van der Waals surface area contributed by atoms with Gasteiger partial charge in [-0.2, -0.15) is 0 Å². The minimum Gasteiger partial charge on any atom is -1.00 e. The van der Waals surface area contributed by atoms with Crippen LogP contribution in [0.25, 0.3) is 0 Å². The molecule has 0 aromatic heterocycles. The van der Waals surface area contributed by atoms with Crippen molar-refractivity contribution in [2.24, 2.45) is 0 Å². The highest BCUT2D eigenvalue weighted by Gasteiger charge is 2.13. The van der Waals surface area contributed by atoms with Crippen LogP contribution >= 0.6 is 0 Å². The second-order valence-corrected chi connectivity index (χ2v) is 7.07. The number of nitrogens with zero attached hydrogens (tertiary/aromatic N) is 1. The number of hydrogen-bond acceptors (Lipinski definition) is 0. The van der Waals surface area contributed by atoms with Gasteiger partial charge in [0.05, 0.1) is 27.2 Å². The van der Waals surface area contributed by atoms with E-state index in [1.54, 1.807) is 0 Å². The van der Waals surface area contributed by atoms with E-state index in [1.807, 2.05) is 12.2 Å². The molecule has 0 N–H and O–H groups in total. The van der Waals surface area contributed by atoms with Gasteiger partial charge >= 0.3 is 0 Å². The Bertz CT molecular complexity index is 224. The molecular formula is C20H40ClN. The predicted octanol–water partition coefficient (Wildman–Crippen LogP) is 3.12. The molecule has 0 aliphatic heterocycles. The lowest BCUT2D eigenvalue weighted by molar-refractivity contribution is -0.890. The van der Waals surface area contributed by atoms with E-state index in [2.05, 4.69) is 27.3 Å². The van der Waals surface area contributed by atoms with Crippen LogP contribution in [-0.4, -0.2) is 31.7 Å². The van der Waals surface area contributed by atoms with Gasteiger partial charge in [0.2, 0.25) is 0 Å². The van der Waals surface area contributed by atoms with Gasteiger partial charge < -0.3 is 16.9 Å². The fourth-order valence-electron chi connectivity index (χ4n) is 2.83. The van der Waals surface area contributed by atoms with Crippen LogP contribution in [-0.2, 0) is 0 Å². The van der Waals surface area contributed by atoms with Crippen LogP contribution in [0.2, 0.25) is 0 Å². The van der Waals surface area contributed by atoms with Gasteiger partial charge in [0, 0.05) is 0 Å². The Morgan fingerprint density at radius 1 is 0.591 bits per heavy atom. The molecule has 0 saturated carbocycles. The molecule has 132 valence electrons. The van der Waals surface area contributed by atoms with Gasteiger partial charge in [-0.15, -0.1) is 13.2 Å². The fourth-order valence-corrected chi connectivity index (χ4v) is 2.83. The monoisotopic (exact) mass is 329 g/mol. The highest BCUT2D eigenvalue weighted by atomic mass is 35.5. The minimum absolute atomic E-state index is 0. The highest BCUT2D eigenvalue weighted by molar-refractivity contribution is 4.65. The summed E-state index contributed by atoms with van der Waals surface area (Å²) in [4.78, 5) is 0. The third-order valence-electron chi connectivity index (χ3n) is 4.34. The second kappa shape index (κ2) is 17.1. The van der Waals surface area contributed by atoms with E-state index in [9.17, 15) is 0 Å². The molecule has 0 saturated heterocycles.